The van der Waals surface area contributed by atoms with E-state index in [1.165, 1.54) is 18.7 Å². The van der Waals surface area contributed by atoms with Gasteiger partial charge < -0.3 is 15.5 Å². The molecule has 0 aromatic carbocycles. The van der Waals surface area contributed by atoms with Crippen molar-refractivity contribution in [1.29, 1.82) is 0 Å². The molecule has 1 amide bonds. The molecule has 3 atom stereocenters. The zero-order valence-corrected chi connectivity index (χ0v) is 15.5. The normalized spacial score (nSPS) is 15.9. The van der Waals surface area contributed by atoms with Gasteiger partial charge in [-0.25, -0.2) is 14.6 Å². The summed E-state index contributed by atoms with van der Waals surface area (Å²) in [7, 11) is 0. The van der Waals surface area contributed by atoms with E-state index in [1.54, 1.807) is 41.5 Å². The maximum atomic E-state index is 12.3. The van der Waals surface area contributed by atoms with E-state index in [2.05, 4.69) is 10.3 Å². The highest BCUT2D eigenvalue weighted by Gasteiger charge is 2.50. The number of hydrogen-bond acceptors (Lipinski definition) is 4. The minimum absolute atomic E-state index is 0.669. The molecule has 0 fully saturated rings. The molecule has 1 heterocycles. The summed E-state index contributed by atoms with van der Waals surface area (Å²) in [5, 5.41) is 21.9. The Balaban J connectivity index is 3.35. The van der Waals surface area contributed by atoms with Gasteiger partial charge in [0.05, 0.1) is 5.92 Å². The largest absolute Gasteiger partial charge is 0.481 e. The number of amides is 1. The molecular weight excluding hydrogens is 326 g/mol. The molecule has 0 bridgehead atoms. The number of hydrogen-bond donors (Lipinski definition) is 3. The number of carboxylic acid groups (broad SMARTS) is 2. The average Bonchev–Trinajstić information content (AvgIpc) is 2.92. The van der Waals surface area contributed by atoms with Gasteiger partial charge in [-0.15, -0.1) is 0 Å². The summed E-state index contributed by atoms with van der Waals surface area (Å²) in [6.07, 6.45) is 4.03. The number of carboxylic acids is 2. The zero-order chi connectivity index (χ0) is 19.6. The first-order valence-corrected chi connectivity index (χ1v) is 8.01. The first kappa shape index (κ1) is 20.7. The molecule has 0 saturated carbocycles. The monoisotopic (exact) mass is 353 g/mol. The second kappa shape index (κ2) is 7.25. The minimum Gasteiger partial charge on any atom is -0.481 e. The van der Waals surface area contributed by atoms with Crippen LogP contribution in [0, 0.1) is 22.7 Å². The quantitative estimate of drug-likeness (QED) is 0.747. The second-order valence-electron chi connectivity index (χ2n) is 8.31. The highest BCUT2D eigenvalue weighted by Crippen LogP contribution is 2.43. The molecule has 140 valence electrons. The van der Waals surface area contributed by atoms with Crippen LogP contribution in [0.15, 0.2) is 18.7 Å². The third kappa shape index (κ3) is 5.04. The second-order valence-corrected chi connectivity index (χ2v) is 8.31. The molecule has 1 aromatic heterocycles. The Morgan fingerprint density at radius 1 is 1.00 bits per heavy atom. The maximum Gasteiger partial charge on any atom is 0.327 e. The lowest BCUT2D eigenvalue weighted by molar-refractivity contribution is -0.155. The fraction of sp³-hybridized carbons (Fsp3) is 0.647. The summed E-state index contributed by atoms with van der Waals surface area (Å²) in [5.74, 6) is -4.17. The van der Waals surface area contributed by atoms with E-state index < -0.39 is 46.7 Å². The number of aliphatic carboxylic acids is 2. The molecule has 3 N–H and O–H groups in total. The molecule has 1 aromatic rings. The average molecular weight is 353 g/mol. The zero-order valence-electron chi connectivity index (χ0n) is 15.5. The van der Waals surface area contributed by atoms with Crippen LogP contribution < -0.4 is 5.32 Å². The van der Waals surface area contributed by atoms with Gasteiger partial charge in [0.1, 0.15) is 12.4 Å². The minimum atomic E-state index is -1.37. The topological polar surface area (TPSA) is 122 Å². The summed E-state index contributed by atoms with van der Waals surface area (Å²) in [4.78, 5) is 39.9. The first-order chi connectivity index (χ1) is 11.3. The van der Waals surface area contributed by atoms with Gasteiger partial charge in [0.25, 0.3) is 0 Å². The third-order valence-corrected chi connectivity index (χ3v) is 4.20. The van der Waals surface area contributed by atoms with Crippen molar-refractivity contribution in [2.75, 3.05) is 0 Å². The van der Waals surface area contributed by atoms with Crippen molar-refractivity contribution in [3.63, 3.8) is 0 Å². The molecule has 3 unspecified atom stereocenters. The van der Waals surface area contributed by atoms with Crippen molar-refractivity contribution in [1.82, 2.24) is 14.9 Å². The first-order valence-electron chi connectivity index (χ1n) is 8.01. The van der Waals surface area contributed by atoms with E-state index in [1.807, 2.05) is 0 Å². The summed E-state index contributed by atoms with van der Waals surface area (Å²) in [6.45, 7) is 10.6. The number of nitrogens with one attached hydrogen (secondary N) is 1. The lowest BCUT2D eigenvalue weighted by Gasteiger charge is -2.44. The fourth-order valence-electron chi connectivity index (χ4n) is 3.15. The van der Waals surface area contributed by atoms with E-state index >= 15 is 0 Å². The third-order valence-electron chi connectivity index (χ3n) is 4.20. The maximum absolute atomic E-state index is 12.3. The molecule has 8 heteroatoms. The van der Waals surface area contributed by atoms with Crippen molar-refractivity contribution in [3.05, 3.63) is 18.7 Å². The lowest BCUT2D eigenvalue weighted by atomic mass is 9.61. The van der Waals surface area contributed by atoms with Crippen LogP contribution in [0.4, 0.5) is 4.79 Å². The van der Waals surface area contributed by atoms with E-state index in [9.17, 15) is 24.6 Å². The van der Waals surface area contributed by atoms with Crippen LogP contribution >= 0.6 is 0 Å². The predicted molar refractivity (Wildman–Crippen MR) is 91.1 cm³/mol. The van der Waals surface area contributed by atoms with Gasteiger partial charge in [-0.3, -0.25) is 9.36 Å². The number of nitrogens with zero attached hydrogens (tertiary/aromatic N) is 2. The van der Waals surface area contributed by atoms with Crippen LogP contribution in [0.25, 0.3) is 0 Å². The van der Waals surface area contributed by atoms with Gasteiger partial charge >= 0.3 is 18.0 Å². The van der Waals surface area contributed by atoms with Gasteiger partial charge in [-0.05, 0) is 10.8 Å². The van der Waals surface area contributed by atoms with Crippen molar-refractivity contribution < 1.29 is 24.6 Å². The SMILES string of the molecule is CC(C)(C)C(C(=O)O)C(C(NC(=O)n1ccnc1)C(=O)O)C(C)(C)C. The van der Waals surface area contributed by atoms with Gasteiger partial charge in [0.15, 0.2) is 0 Å². The van der Waals surface area contributed by atoms with Crippen molar-refractivity contribution in [3.8, 4) is 0 Å². The van der Waals surface area contributed by atoms with E-state index in [4.69, 9.17) is 0 Å². The summed E-state index contributed by atoms with van der Waals surface area (Å²) in [6, 6.07) is -2.03. The van der Waals surface area contributed by atoms with Crippen molar-refractivity contribution in [2.45, 2.75) is 47.6 Å². The standard InChI is InChI=1S/C17H27N3O5/c1-16(2,3)10(11(13(21)22)17(4,5)6)12(14(23)24)19-15(25)20-8-7-18-9-20/h7-12H,1-6H3,(H,19,25)(H,21,22)(H,23,24). The number of aromatic nitrogens is 2. The van der Waals surface area contributed by atoms with Crippen LogP contribution in [0.2, 0.25) is 0 Å². The summed E-state index contributed by atoms with van der Waals surface area (Å²) in [5.41, 5.74) is -1.38. The Kier molecular flexibility index (Phi) is 5.99. The van der Waals surface area contributed by atoms with Crippen LogP contribution in [0.5, 0.6) is 0 Å². The Morgan fingerprint density at radius 3 is 1.88 bits per heavy atom. The molecule has 0 radical (unpaired) electrons. The van der Waals surface area contributed by atoms with Crippen molar-refractivity contribution in [2.24, 2.45) is 22.7 Å². The molecule has 0 saturated heterocycles. The van der Waals surface area contributed by atoms with Crippen LogP contribution in [-0.2, 0) is 9.59 Å². The summed E-state index contributed by atoms with van der Waals surface area (Å²) < 4.78 is 1.11. The van der Waals surface area contributed by atoms with Crippen LogP contribution in [0.1, 0.15) is 41.5 Å². The molecule has 0 aliphatic heterocycles. The Labute approximate surface area is 147 Å². The number of imidazole rings is 1. The van der Waals surface area contributed by atoms with Crippen LogP contribution in [-0.4, -0.2) is 43.8 Å². The Hall–Kier alpha value is -2.38. The van der Waals surface area contributed by atoms with E-state index in [0.717, 1.165) is 4.57 Å². The molecule has 1 rings (SSSR count). The smallest absolute Gasteiger partial charge is 0.327 e. The van der Waals surface area contributed by atoms with Gasteiger partial charge in [-0.2, -0.15) is 0 Å². The number of carbonyl (C=O) groups is 3. The number of rotatable bonds is 5. The van der Waals surface area contributed by atoms with Crippen LogP contribution in [0.3, 0.4) is 0 Å². The molecule has 0 spiro atoms. The van der Waals surface area contributed by atoms with E-state index in [0.29, 0.717) is 0 Å². The van der Waals surface area contributed by atoms with Gasteiger partial charge in [0, 0.05) is 18.3 Å². The van der Waals surface area contributed by atoms with Gasteiger partial charge in [-0.1, -0.05) is 41.5 Å². The molecule has 8 nitrogen and oxygen atoms in total. The fourth-order valence-corrected chi connectivity index (χ4v) is 3.15. The molecule has 0 aliphatic rings. The van der Waals surface area contributed by atoms with Gasteiger partial charge in [0.2, 0.25) is 0 Å². The predicted octanol–water partition coefficient (Wildman–Crippen LogP) is 2.30. The Bertz CT molecular complexity index is 626. The number of carbonyl (C=O) groups excluding carboxylic acids is 1. The highest BCUT2D eigenvalue weighted by molar-refractivity contribution is 5.85. The molecule has 25 heavy (non-hydrogen) atoms. The van der Waals surface area contributed by atoms with Crippen molar-refractivity contribution >= 4 is 18.0 Å². The molecular formula is C17H27N3O5. The molecule has 0 aliphatic carbocycles. The van der Waals surface area contributed by atoms with E-state index in [-0.39, 0.29) is 0 Å². The Morgan fingerprint density at radius 2 is 1.56 bits per heavy atom. The highest BCUT2D eigenvalue weighted by atomic mass is 16.4. The summed E-state index contributed by atoms with van der Waals surface area (Å²) >= 11 is 0. The lowest BCUT2D eigenvalue weighted by Crippen LogP contribution is -2.56.